The fraction of sp³-hybridized carbons (Fsp3) is 0.316. The maximum atomic E-state index is 12.3. The summed E-state index contributed by atoms with van der Waals surface area (Å²) in [6.45, 7) is 3.29. The summed E-state index contributed by atoms with van der Waals surface area (Å²) in [7, 11) is -3.58. The van der Waals surface area contributed by atoms with Gasteiger partial charge in [0, 0.05) is 10.7 Å². The Hall–Kier alpha value is -2.09. The van der Waals surface area contributed by atoms with Crippen LogP contribution in [0.3, 0.4) is 0 Å². The van der Waals surface area contributed by atoms with Crippen molar-refractivity contribution in [1.29, 1.82) is 0 Å². The Kier molecular flexibility index (Phi) is 6.86. The van der Waals surface area contributed by atoms with Gasteiger partial charge in [-0.3, -0.25) is 9.52 Å². The van der Waals surface area contributed by atoms with Crippen molar-refractivity contribution in [3.63, 3.8) is 0 Å². The van der Waals surface area contributed by atoms with Crippen molar-refractivity contribution in [2.24, 2.45) is 0 Å². The Labute approximate surface area is 164 Å². The van der Waals surface area contributed by atoms with Gasteiger partial charge in [-0.25, -0.2) is 8.42 Å². The molecule has 2 aromatic carbocycles. The lowest BCUT2D eigenvalue weighted by molar-refractivity contribution is -0.122. The molecule has 1 amide bonds. The van der Waals surface area contributed by atoms with Crippen LogP contribution in [0.25, 0.3) is 0 Å². The molecule has 0 fully saturated rings. The predicted octanol–water partition coefficient (Wildman–Crippen LogP) is 2.71. The standard InChI is InChI=1S/C19H23ClN2O4S/c1-19(2,13-23)21-18(24)11-14-6-8-17(9-7-14)22-27(25,26)12-15-4-3-5-16(20)10-15/h3-10,22-23H,11-13H2,1-2H3,(H,21,24). The maximum Gasteiger partial charge on any atom is 0.236 e. The molecule has 0 saturated carbocycles. The van der Waals surface area contributed by atoms with Crippen molar-refractivity contribution in [2.45, 2.75) is 31.6 Å². The number of aliphatic hydroxyl groups is 1. The second-order valence-corrected chi connectivity index (χ2v) is 9.11. The highest BCUT2D eigenvalue weighted by atomic mass is 35.5. The molecular formula is C19H23ClN2O4S. The van der Waals surface area contributed by atoms with E-state index in [9.17, 15) is 18.3 Å². The number of carbonyl (C=O) groups excluding carboxylic acids is 1. The van der Waals surface area contributed by atoms with E-state index in [1.54, 1.807) is 62.4 Å². The minimum absolute atomic E-state index is 0.138. The number of amides is 1. The zero-order valence-electron chi connectivity index (χ0n) is 15.2. The van der Waals surface area contributed by atoms with Crippen LogP contribution in [0.1, 0.15) is 25.0 Å². The molecule has 2 aromatic rings. The van der Waals surface area contributed by atoms with Crippen molar-refractivity contribution in [3.8, 4) is 0 Å². The summed E-state index contributed by atoms with van der Waals surface area (Å²) >= 11 is 5.88. The lowest BCUT2D eigenvalue weighted by Crippen LogP contribution is -2.46. The number of hydrogen-bond donors (Lipinski definition) is 3. The number of hydrogen-bond acceptors (Lipinski definition) is 4. The van der Waals surface area contributed by atoms with Crippen LogP contribution < -0.4 is 10.0 Å². The van der Waals surface area contributed by atoms with Crippen LogP contribution >= 0.6 is 11.6 Å². The molecule has 0 saturated heterocycles. The van der Waals surface area contributed by atoms with E-state index in [2.05, 4.69) is 10.0 Å². The molecule has 0 aliphatic carbocycles. The van der Waals surface area contributed by atoms with Gasteiger partial charge in [-0.15, -0.1) is 0 Å². The molecule has 0 bridgehead atoms. The van der Waals surface area contributed by atoms with Crippen molar-refractivity contribution in [3.05, 3.63) is 64.7 Å². The summed E-state index contributed by atoms with van der Waals surface area (Å²) < 4.78 is 27.1. The first-order chi connectivity index (χ1) is 12.6. The molecule has 0 heterocycles. The van der Waals surface area contributed by atoms with Crippen LogP contribution in [0.2, 0.25) is 5.02 Å². The fourth-order valence-corrected chi connectivity index (χ4v) is 3.80. The SMILES string of the molecule is CC(C)(CO)NC(=O)Cc1ccc(NS(=O)(=O)Cc2cccc(Cl)c2)cc1. The highest BCUT2D eigenvalue weighted by Gasteiger charge is 2.19. The third-order valence-electron chi connectivity index (χ3n) is 3.71. The minimum Gasteiger partial charge on any atom is -0.394 e. The molecule has 8 heteroatoms. The van der Waals surface area contributed by atoms with E-state index in [4.69, 9.17) is 11.6 Å². The van der Waals surface area contributed by atoms with Gasteiger partial charge in [0.2, 0.25) is 15.9 Å². The Morgan fingerprint density at radius 2 is 1.78 bits per heavy atom. The molecule has 2 rings (SSSR count). The number of sulfonamides is 1. The van der Waals surface area contributed by atoms with E-state index >= 15 is 0 Å². The number of rotatable bonds is 8. The predicted molar refractivity (Wildman–Crippen MR) is 107 cm³/mol. The van der Waals surface area contributed by atoms with E-state index < -0.39 is 15.6 Å². The van der Waals surface area contributed by atoms with Gasteiger partial charge in [0.15, 0.2) is 0 Å². The summed E-state index contributed by atoms with van der Waals surface area (Å²) in [5.74, 6) is -0.406. The molecule has 0 aliphatic rings. The molecule has 0 spiro atoms. The van der Waals surface area contributed by atoms with E-state index in [1.165, 1.54) is 0 Å². The van der Waals surface area contributed by atoms with E-state index in [1.807, 2.05) is 0 Å². The number of benzene rings is 2. The van der Waals surface area contributed by atoms with Crippen molar-refractivity contribution in [1.82, 2.24) is 5.32 Å². The van der Waals surface area contributed by atoms with E-state index in [0.717, 1.165) is 5.56 Å². The fourth-order valence-electron chi connectivity index (χ4n) is 2.40. The Morgan fingerprint density at radius 1 is 1.11 bits per heavy atom. The van der Waals surface area contributed by atoms with Crippen LogP contribution in [-0.2, 0) is 27.0 Å². The number of halogens is 1. The number of aliphatic hydroxyl groups excluding tert-OH is 1. The third-order valence-corrected chi connectivity index (χ3v) is 5.21. The molecule has 0 atom stereocenters. The zero-order valence-corrected chi connectivity index (χ0v) is 16.8. The number of carbonyl (C=O) groups is 1. The van der Waals surface area contributed by atoms with Crippen LogP contribution in [0.15, 0.2) is 48.5 Å². The summed E-state index contributed by atoms with van der Waals surface area (Å²) in [4.78, 5) is 12.0. The van der Waals surface area contributed by atoms with Gasteiger partial charge in [-0.05, 0) is 49.2 Å². The molecule has 3 N–H and O–H groups in total. The van der Waals surface area contributed by atoms with Gasteiger partial charge in [0.05, 0.1) is 24.3 Å². The van der Waals surface area contributed by atoms with Gasteiger partial charge in [0.1, 0.15) is 0 Å². The average molecular weight is 411 g/mol. The maximum absolute atomic E-state index is 12.3. The van der Waals surface area contributed by atoms with E-state index in [-0.39, 0.29) is 24.7 Å². The second-order valence-electron chi connectivity index (χ2n) is 6.95. The largest absolute Gasteiger partial charge is 0.394 e. The van der Waals surface area contributed by atoms with Gasteiger partial charge in [-0.1, -0.05) is 35.9 Å². The van der Waals surface area contributed by atoms with Gasteiger partial charge in [0.25, 0.3) is 0 Å². The molecule has 27 heavy (non-hydrogen) atoms. The number of anilines is 1. The van der Waals surface area contributed by atoms with Crippen LogP contribution in [0.4, 0.5) is 5.69 Å². The smallest absolute Gasteiger partial charge is 0.236 e. The first kappa shape index (κ1) is 21.2. The molecule has 0 radical (unpaired) electrons. The van der Waals surface area contributed by atoms with Crippen LogP contribution in [-0.4, -0.2) is 31.6 Å². The van der Waals surface area contributed by atoms with Crippen LogP contribution in [0.5, 0.6) is 0 Å². The highest BCUT2D eigenvalue weighted by Crippen LogP contribution is 2.17. The summed E-state index contributed by atoms with van der Waals surface area (Å²) in [5.41, 5.74) is 1.05. The third kappa shape index (κ3) is 7.21. The Morgan fingerprint density at radius 3 is 2.37 bits per heavy atom. The highest BCUT2D eigenvalue weighted by molar-refractivity contribution is 7.91. The van der Waals surface area contributed by atoms with Crippen molar-refractivity contribution in [2.75, 3.05) is 11.3 Å². The van der Waals surface area contributed by atoms with Crippen molar-refractivity contribution >= 4 is 33.2 Å². The normalized spacial score (nSPS) is 11.9. The van der Waals surface area contributed by atoms with Gasteiger partial charge < -0.3 is 10.4 Å². The van der Waals surface area contributed by atoms with Crippen LogP contribution in [0, 0.1) is 0 Å². The topological polar surface area (TPSA) is 95.5 Å². The first-order valence-corrected chi connectivity index (χ1v) is 10.4. The monoisotopic (exact) mass is 410 g/mol. The molecule has 0 unspecified atom stereocenters. The second kappa shape index (κ2) is 8.73. The minimum atomic E-state index is -3.58. The molecule has 0 aliphatic heterocycles. The van der Waals surface area contributed by atoms with Crippen molar-refractivity contribution < 1.29 is 18.3 Å². The van der Waals surface area contributed by atoms with Gasteiger partial charge in [-0.2, -0.15) is 0 Å². The van der Waals surface area contributed by atoms with Gasteiger partial charge >= 0.3 is 0 Å². The first-order valence-electron chi connectivity index (χ1n) is 8.34. The van der Waals surface area contributed by atoms with E-state index in [0.29, 0.717) is 16.3 Å². The molecule has 6 nitrogen and oxygen atoms in total. The summed E-state index contributed by atoms with van der Waals surface area (Å²) in [6.07, 6.45) is 0.138. The Balaban J connectivity index is 1.97. The lowest BCUT2D eigenvalue weighted by atomic mass is 10.1. The molecule has 0 aromatic heterocycles. The zero-order chi connectivity index (χ0) is 20.1. The average Bonchev–Trinajstić information content (AvgIpc) is 2.55. The quantitative estimate of drug-likeness (QED) is 0.623. The molecular weight excluding hydrogens is 388 g/mol. The summed E-state index contributed by atoms with van der Waals surface area (Å²) in [5, 5.41) is 12.4. The Bertz CT molecular complexity index is 896. The lowest BCUT2D eigenvalue weighted by Gasteiger charge is -2.23. The number of nitrogens with one attached hydrogen (secondary N) is 2. The summed E-state index contributed by atoms with van der Waals surface area (Å²) in [6, 6.07) is 13.3. The molecule has 146 valence electrons.